The van der Waals surface area contributed by atoms with Crippen LogP contribution in [0, 0.1) is 0 Å². The van der Waals surface area contributed by atoms with E-state index in [0.29, 0.717) is 19.8 Å². The van der Waals surface area contributed by atoms with Gasteiger partial charge in [0.1, 0.15) is 6.10 Å². The summed E-state index contributed by atoms with van der Waals surface area (Å²) in [6.07, 6.45) is 2.00. The minimum Gasteiger partial charge on any atom is -0.385 e. The molecule has 0 saturated carbocycles. The first kappa shape index (κ1) is 17.4. The van der Waals surface area contributed by atoms with Gasteiger partial charge in [-0.05, 0) is 12.8 Å². The fraction of sp³-hybridized carbons (Fsp3) is 0.929. The van der Waals surface area contributed by atoms with Crippen LogP contribution in [0.4, 0.5) is 0 Å². The second kappa shape index (κ2) is 10.1. The molecule has 1 aliphatic rings. The van der Waals surface area contributed by atoms with Crippen LogP contribution in [0.3, 0.4) is 0 Å². The average Bonchev–Trinajstić information content (AvgIpc) is 3.23. The van der Waals surface area contributed by atoms with Crippen molar-refractivity contribution >= 4 is 5.91 Å². The van der Waals surface area contributed by atoms with E-state index in [1.165, 1.54) is 0 Å². The van der Waals surface area contributed by atoms with Gasteiger partial charge in [0, 0.05) is 40.8 Å². The number of methoxy groups -OCH3 is 2. The van der Waals surface area contributed by atoms with Gasteiger partial charge in [0.25, 0.3) is 0 Å². The van der Waals surface area contributed by atoms with Gasteiger partial charge in [-0.3, -0.25) is 4.79 Å². The van der Waals surface area contributed by atoms with E-state index in [2.05, 4.69) is 0 Å². The summed E-state index contributed by atoms with van der Waals surface area (Å²) in [6, 6.07) is 0. The van der Waals surface area contributed by atoms with Crippen molar-refractivity contribution in [3.05, 3.63) is 0 Å². The van der Waals surface area contributed by atoms with Crippen LogP contribution in [0.5, 0.6) is 0 Å². The summed E-state index contributed by atoms with van der Waals surface area (Å²) in [5.41, 5.74) is 0. The van der Waals surface area contributed by atoms with Crippen LogP contribution in [-0.2, 0) is 23.7 Å². The second-order valence-electron chi connectivity index (χ2n) is 5.03. The molecule has 6 heteroatoms. The Morgan fingerprint density at radius 1 is 1.35 bits per heavy atom. The molecule has 1 fully saturated rings. The third kappa shape index (κ3) is 7.79. The average molecular weight is 289 g/mol. The van der Waals surface area contributed by atoms with Gasteiger partial charge in [-0.25, -0.2) is 0 Å². The summed E-state index contributed by atoms with van der Waals surface area (Å²) in [6.45, 7) is 5.42. The van der Waals surface area contributed by atoms with Crippen LogP contribution in [-0.4, -0.2) is 76.8 Å². The molecule has 1 amide bonds. The monoisotopic (exact) mass is 289 g/mol. The van der Waals surface area contributed by atoms with Crippen LogP contribution in [0.15, 0.2) is 0 Å². The molecule has 0 aromatic carbocycles. The minimum absolute atomic E-state index is 0.0646. The van der Waals surface area contributed by atoms with Gasteiger partial charge in [0.05, 0.1) is 25.9 Å². The highest BCUT2D eigenvalue weighted by atomic mass is 16.6. The summed E-state index contributed by atoms with van der Waals surface area (Å²) < 4.78 is 21.0. The zero-order valence-electron chi connectivity index (χ0n) is 12.8. The van der Waals surface area contributed by atoms with Crippen molar-refractivity contribution in [3.8, 4) is 0 Å². The molecule has 0 aromatic heterocycles. The maximum absolute atomic E-state index is 11.7. The summed E-state index contributed by atoms with van der Waals surface area (Å²) in [5.74, 6) is 0.0646. The van der Waals surface area contributed by atoms with E-state index in [9.17, 15) is 4.79 Å². The molecule has 0 spiro atoms. The maximum atomic E-state index is 11.7. The van der Waals surface area contributed by atoms with Crippen molar-refractivity contribution in [3.63, 3.8) is 0 Å². The molecule has 1 heterocycles. The van der Waals surface area contributed by atoms with E-state index >= 15 is 0 Å². The third-order valence-corrected chi connectivity index (χ3v) is 3.17. The van der Waals surface area contributed by atoms with Crippen LogP contribution in [0.2, 0.25) is 0 Å². The number of epoxide rings is 1. The van der Waals surface area contributed by atoms with Crippen LogP contribution in [0.1, 0.15) is 19.8 Å². The third-order valence-electron chi connectivity index (χ3n) is 3.17. The summed E-state index contributed by atoms with van der Waals surface area (Å²) in [5, 5.41) is 0. The Kier molecular flexibility index (Phi) is 8.77. The lowest BCUT2D eigenvalue weighted by Crippen LogP contribution is -2.40. The fourth-order valence-electron chi connectivity index (χ4n) is 1.92. The minimum atomic E-state index is -0.101. The quantitative estimate of drug-likeness (QED) is 0.391. The van der Waals surface area contributed by atoms with E-state index in [4.69, 9.17) is 18.9 Å². The Morgan fingerprint density at radius 3 is 2.65 bits per heavy atom. The van der Waals surface area contributed by atoms with Gasteiger partial charge in [-0.15, -0.1) is 0 Å². The number of hydrogen-bond donors (Lipinski definition) is 0. The molecule has 0 aromatic rings. The SMILES string of the molecule is COCCCCN(CC(COC)OCC1CO1)C(C)=O. The van der Waals surface area contributed by atoms with Crippen molar-refractivity contribution in [2.75, 3.05) is 53.7 Å². The van der Waals surface area contributed by atoms with Crippen molar-refractivity contribution in [2.24, 2.45) is 0 Å². The molecular formula is C14H27NO5. The number of nitrogens with zero attached hydrogens (tertiary/aromatic N) is 1. The van der Waals surface area contributed by atoms with Crippen LogP contribution >= 0.6 is 0 Å². The molecule has 118 valence electrons. The molecule has 2 unspecified atom stereocenters. The molecule has 2 atom stereocenters. The van der Waals surface area contributed by atoms with Gasteiger partial charge in [-0.2, -0.15) is 0 Å². The summed E-state index contributed by atoms with van der Waals surface area (Å²) >= 11 is 0. The van der Waals surface area contributed by atoms with E-state index in [1.54, 1.807) is 21.1 Å². The Bertz CT molecular complexity index is 270. The number of hydrogen-bond acceptors (Lipinski definition) is 5. The zero-order valence-corrected chi connectivity index (χ0v) is 12.8. The fourth-order valence-corrected chi connectivity index (χ4v) is 1.92. The Labute approximate surface area is 121 Å². The van der Waals surface area contributed by atoms with Crippen molar-refractivity contribution in [1.82, 2.24) is 4.90 Å². The summed E-state index contributed by atoms with van der Waals surface area (Å²) in [4.78, 5) is 13.5. The smallest absolute Gasteiger partial charge is 0.219 e. The van der Waals surface area contributed by atoms with Crippen molar-refractivity contribution in [2.45, 2.75) is 32.0 Å². The Morgan fingerprint density at radius 2 is 2.10 bits per heavy atom. The molecule has 6 nitrogen and oxygen atoms in total. The number of ether oxygens (including phenoxy) is 4. The number of amides is 1. The first-order valence-corrected chi connectivity index (χ1v) is 7.14. The molecule has 0 aliphatic carbocycles. The number of carbonyl (C=O) groups excluding carboxylic acids is 1. The van der Waals surface area contributed by atoms with Crippen molar-refractivity contribution in [1.29, 1.82) is 0 Å². The van der Waals surface area contributed by atoms with Gasteiger partial charge < -0.3 is 23.8 Å². The molecule has 1 aliphatic heterocycles. The Hall–Kier alpha value is -0.690. The predicted molar refractivity (Wildman–Crippen MR) is 74.7 cm³/mol. The Balaban J connectivity index is 2.31. The predicted octanol–water partition coefficient (Wildman–Crippen LogP) is 0.692. The first-order valence-electron chi connectivity index (χ1n) is 7.14. The molecule has 1 rings (SSSR count). The van der Waals surface area contributed by atoms with Crippen LogP contribution in [0.25, 0.3) is 0 Å². The van der Waals surface area contributed by atoms with E-state index in [1.807, 2.05) is 4.90 Å². The van der Waals surface area contributed by atoms with Gasteiger partial charge in [0.2, 0.25) is 5.91 Å². The lowest BCUT2D eigenvalue weighted by Gasteiger charge is -2.26. The van der Waals surface area contributed by atoms with Gasteiger partial charge >= 0.3 is 0 Å². The highest BCUT2D eigenvalue weighted by molar-refractivity contribution is 5.73. The first-order chi connectivity index (χ1) is 9.67. The molecule has 0 N–H and O–H groups in total. The van der Waals surface area contributed by atoms with Crippen molar-refractivity contribution < 1.29 is 23.7 Å². The second-order valence-corrected chi connectivity index (χ2v) is 5.03. The largest absolute Gasteiger partial charge is 0.385 e. The van der Waals surface area contributed by atoms with E-state index in [-0.39, 0.29) is 18.1 Å². The topological polar surface area (TPSA) is 60.5 Å². The van der Waals surface area contributed by atoms with E-state index < -0.39 is 0 Å². The van der Waals surface area contributed by atoms with Gasteiger partial charge in [0.15, 0.2) is 0 Å². The highest BCUT2D eigenvalue weighted by Gasteiger charge is 2.25. The normalized spacial score (nSPS) is 18.9. The zero-order chi connectivity index (χ0) is 14.8. The van der Waals surface area contributed by atoms with E-state index in [0.717, 1.165) is 32.6 Å². The lowest BCUT2D eigenvalue weighted by atomic mass is 10.2. The highest BCUT2D eigenvalue weighted by Crippen LogP contribution is 2.11. The molecule has 20 heavy (non-hydrogen) atoms. The molecule has 0 radical (unpaired) electrons. The van der Waals surface area contributed by atoms with Gasteiger partial charge in [-0.1, -0.05) is 0 Å². The molecule has 0 bridgehead atoms. The number of carbonyl (C=O) groups is 1. The maximum Gasteiger partial charge on any atom is 0.219 e. The van der Waals surface area contributed by atoms with Crippen LogP contribution < -0.4 is 0 Å². The summed E-state index contributed by atoms with van der Waals surface area (Å²) in [7, 11) is 3.33. The number of rotatable bonds is 12. The lowest BCUT2D eigenvalue weighted by molar-refractivity contribution is -0.131. The number of unbranched alkanes of at least 4 members (excludes halogenated alkanes) is 1. The molecule has 1 saturated heterocycles. The standard InChI is InChI=1S/C14H27NO5/c1-12(16)15(6-4-5-7-17-2)8-13(9-18-3)19-10-14-11-20-14/h13-14H,4-11H2,1-3H3. The molecular weight excluding hydrogens is 262 g/mol.